The molecule has 6 heteroatoms. The number of rotatable bonds is 8. The van der Waals surface area contributed by atoms with E-state index in [-0.39, 0.29) is 18.4 Å². The van der Waals surface area contributed by atoms with Gasteiger partial charge in [-0.3, -0.25) is 4.79 Å². The molecule has 0 spiro atoms. The Bertz CT molecular complexity index is 417. The van der Waals surface area contributed by atoms with E-state index in [1.165, 1.54) is 0 Å². The lowest BCUT2D eigenvalue weighted by Gasteiger charge is -2.22. The van der Waals surface area contributed by atoms with Crippen LogP contribution in [0.25, 0.3) is 0 Å². The minimum absolute atomic E-state index is 0.0428. The summed E-state index contributed by atoms with van der Waals surface area (Å²) in [6.07, 6.45) is 2.36. The van der Waals surface area contributed by atoms with Gasteiger partial charge in [0.05, 0.1) is 12.8 Å². The predicted molar refractivity (Wildman–Crippen MR) is 74.2 cm³/mol. The molecule has 0 radical (unpaired) electrons. The highest BCUT2D eigenvalue weighted by atomic mass is 16.4. The van der Waals surface area contributed by atoms with Crippen LogP contribution in [0.5, 0.6) is 0 Å². The summed E-state index contributed by atoms with van der Waals surface area (Å²) in [7, 11) is 0. The Labute approximate surface area is 118 Å². The molecule has 0 aromatic carbocycles. The van der Waals surface area contributed by atoms with Crippen LogP contribution in [0, 0.1) is 5.92 Å². The zero-order valence-corrected chi connectivity index (χ0v) is 12.0. The molecule has 1 heterocycles. The highest BCUT2D eigenvalue weighted by Gasteiger charge is 2.16. The topological polar surface area (TPSA) is 82.8 Å². The van der Waals surface area contributed by atoms with Crippen molar-refractivity contribution in [3.8, 4) is 0 Å². The molecule has 0 saturated carbocycles. The summed E-state index contributed by atoms with van der Waals surface area (Å²) in [5, 5.41) is 11.6. The zero-order chi connectivity index (χ0) is 15.0. The molecule has 1 atom stereocenters. The van der Waals surface area contributed by atoms with Crippen molar-refractivity contribution < 1.29 is 19.1 Å². The number of hydrogen-bond donors (Lipinski definition) is 2. The molecule has 1 unspecified atom stereocenters. The molecule has 20 heavy (non-hydrogen) atoms. The van der Waals surface area contributed by atoms with Crippen LogP contribution in [0.2, 0.25) is 0 Å². The van der Waals surface area contributed by atoms with Crippen LogP contribution >= 0.6 is 0 Å². The molecule has 0 bridgehead atoms. The standard InChI is InChI=1S/C14H22N2O4/c1-3-11(8-13(17)18)9-15-14(19)16(4-2)10-12-6-5-7-20-12/h5-7,11H,3-4,8-10H2,1-2H3,(H,15,19)(H,17,18). The lowest BCUT2D eigenvalue weighted by atomic mass is 10.0. The van der Waals surface area contributed by atoms with Gasteiger partial charge in [0, 0.05) is 19.5 Å². The number of carboxylic acid groups (broad SMARTS) is 1. The second-order valence-electron chi connectivity index (χ2n) is 4.65. The van der Waals surface area contributed by atoms with Gasteiger partial charge in [0.2, 0.25) is 0 Å². The van der Waals surface area contributed by atoms with Crippen molar-refractivity contribution in [1.29, 1.82) is 0 Å². The van der Waals surface area contributed by atoms with Gasteiger partial charge in [0.1, 0.15) is 5.76 Å². The van der Waals surface area contributed by atoms with Gasteiger partial charge in [-0.1, -0.05) is 13.3 Å². The molecule has 1 aromatic heterocycles. The first kappa shape index (κ1) is 16.1. The van der Waals surface area contributed by atoms with E-state index in [0.717, 1.165) is 12.2 Å². The van der Waals surface area contributed by atoms with E-state index in [1.54, 1.807) is 17.2 Å². The molecular formula is C14H22N2O4. The number of carboxylic acids is 1. The SMILES string of the molecule is CCC(CNC(=O)N(CC)Cc1ccco1)CC(=O)O. The lowest BCUT2D eigenvalue weighted by molar-refractivity contribution is -0.138. The van der Waals surface area contributed by atoms with Crippen LogP contribution in [-0.2, 0) is 11.3 Å². The van der Waals surface area contributed by atoms with Gasteiger partial charge in [-0.25, -0.2) is 4.79 Å². The highest BCUT2D eigenvalue weighted by Crippen LogP contribution is 2.08. The van der Waals surface area contributed by atoms with E-state index in [0.29, 0.717) is 19.6 Å². The van der Waals surface area contributed by atoms with Crippen molar-refractivity contribution in [3.05, 3.63) is 24.2 Å². The second kappa shape index (κ2) is 8.24. The van der Waals surface area contributed by atoms with Gasteiger partial charge in [-0.05, 0) is 25.0 Å². The Hall–Kier alpha value is -1.98. The summed E-state index contributed by atoms with van der Waals surface area (Å²) in [6.45, 7) is 5.14. The number of amides is 2. The Morgan fingerprint density at radius 3 is 2.70 bits per heavy atom. The minimum atomic E-state index is -0.839. The average molecular weight is 282 g/mol. The number of nitrogens with zero attached hydrogens (tertiary/aromatic N) is 1. The van der Waals surface area contributed by atoms with Crippen LogP contribution in [-0.4, -0.2) is 35.1 Å². The molecule has 0 aliphatic heterocycles. The number of furan rings is 1. The summed E-state index contributed by atoms with van der Waals surface area (Å²) >= 11 is 0. The molecule has 0 aliphatic carbocycles. The third-order valence-corrected chi connectivity index (χ3v) is 3.18. The number of urea groups is 1. The van der Waals surface area contributed by atoms with Gasteiger partial charge in [0.25, 0.3) is 0 Å². The summed E-state index contributed by atoms with van der Waals surface area (Å²) in [5.74, 6) is -0.160. The first-order chi connectivity index (χ1) is 9.56. The number of nitrogens with one attached hydrogen (secondary N) is 1. The molecule has 1 aromatic rings. The van der Waals surface area contributed by atoms with Crippen molar-refractivity contribution in [2.45, 2.75) is 33.2 Å². The van der Waals surface area contributed by atoms with E-state index in [1.807, 2.05) is 19.9 Å². The zero-order valence-electron chi connectivity index (χ0n) is 12.0. The fourth-order valence-corrected chi connectivity index (χ4v) is 1.87. The quantitative estimate of drug-likeness (QED) is 0.766. The Kier molecular flexibility index (Phi) is 6.63. The molecule has 0 fully saturated rings. The van der Waals surface area contributed by atoms with Gasteiger partial charge in [-0.2, -0.15) is 0 Å². The fourth-order valence-electron chi connectivity index (χ4n) is 1.87. The monoisotopic (exact) mass is 282 g/mol. The second-order valence-corrected chi connectivity index (χ2v) is 4.65. The van der Waals surface area contributed by atoms with Gasteiger partial charge < -0.3 is 19.7 Å². The summed E-state index contributed by atoms with van der Waals surface area (Å²) in [5.41, 5.74) is 0. The van der Waals surface area contributed by atoms with Gasteiger partial charge in [-0.15, -0.1) is 0 Å². The van der Waals surface area contributed by atoms with Crippen LogP contribution < -0.4 is 5.32 Å². The molecule has 6 nitrogen and oxygen atoms in total. The van der Waals surface area contributed by atoms with Crippen LogP contribution in [0.3, 0.4) is 0 Å². The Balaban J connectivity index is 2.44. The third-order valence-electron chi connectivity index (χ3n) is 3.18. The van der Waals surface area contributed by atoms with E-state index in [9.17, 15) is 9.59 Å². The van der Waals surface area contributed by atoms with E-state index >= 15 is 0 Å². The van der Waals surface area contributed by atoms with E-state index < -0.39 is 5.97 Å². The fraction of sp³-hybridized carbons (Fsp3) is 0.571. The normalized spacial score (nSPS) is 11.9. The highest BCUT2D eigenvalue weighted by molar-refractivity contribution is 5.74. The average Bonchev–Trinajstić information content (AvgIpc) is 2.92. The van der Waals surface area contributed by atoms with Crippen LogP contribution in [0.15, 0.2) is 22.8 Å². The Morgan fingerprint density at radius 2 is 2.20 bits per heavy atom. The first-order valence-electron chi connectivity index (χ1n) is 6.83. The largest absolute Gasteiger partial charge is 0.481 e. The van der Waals surface area contributed by atoms with Gasteiger partial charge >= 0.3 is 12.0 Å². The van der Waals surface area contributed by atoms with E-state index in [4.69, 9.17) is 9.52 Å². The molecule has 0 saturated heterocycles. The summed E-state index contributed by atoms with van der Waals surface area (Å²) < 4.78 is 5.22. The van der Waals surface area contributed by atoms with Gasteiger partial charge in [0.15, 0.2) is 0 Å². The number of carbonyl (C=O) groups is 2. The molecule has 1 rings (SSSR count). The lowest BCUT2D eigenvalue weighted by Crippen LogP contribution is -2.41. The molecule has 2 amide bonds. The van der Waals surface area contributed by atoms with Crippen molar-refractivity contribution >= 4 is 12.0 Å². The minimum Gasteiger partial charge on any atom is -0.481 e. The number of hydrogen-bond acceptors (Lipinski definition) is 3. The first-order valence-corrected chi connectivity index (χ1v) is 6.83. The molecule has 112 valence electrons. The predicted octanol–water partition coefficient (Wildman–Crippen LogP) is 2.31. The number of aliphatic carboxylic acids is 1. The van der Waals surface area contributed by atoms with Crippen LogP contribution in [0.1, 0.15) is 32.4 Å². The van der Waals surface area contributed by atoms with E-state index in [2.05, 4.69) is 5.32 Å². The van der Waals surface area contributed by atoms with Crippen molar-refractivity contribution in [3.63, 3.8) is 0 Å². The van der Waals surface area contributed by atoms with Crippen molar-refractivity contribution in [1.82, 2.24) is 10.2 Å². The smallest absolute Gasteiger partial charge is 0.317 e. The Morgan fingerprint density at radius 1 is 1.45 bits per heavy atom. The molecule has 0 aliphatic rings. The van der Waals surface area contributed by atoms with Crippen molar-refractivity contribution in [2.24, 2.45) is 5.92 Å². The van der Waals surface area contributed by atoms with Crippen molar-refractivity contribution in [2.75, 3.05) is 13.1 Å². The molecular weight excluding hydrogens is 260 g/mol. The maximum Gasteiger partial charge on any atom is 0.317 e. The molecule has 2 N–H and O–H groups in total. The summed E-state index contributed by atoms with van der Waals surface area (Å²) in [4.78, 5) is 24.3. The third kappa shape index (κ3) is 5.34. The summed E-state index contributed by atoms with van der Waals surface area (Å²) in [6, 6.07) is 3.39. The maximum atomic E-state index is 12.0. The number of carbonyl (C=O) groups excluding carboxylic acids is 1. The van der Waals surface area contributed by atoms with Crippen LogP contribution in [0.4, 0.5) is 4.79 Å². The maximum absolute atomic E-state index is 12.0.